The zero-order valence-electron chi connectivity index (χ0n) is 13.4. The van der Waals surface area contributed by atoms with Crippen LogP contribution in [0.4, 0.5) is 11.4 Å². The van der Waals surface area contributed by atoms with Gasteiger partial charge in [0.2, 0.25) is 0 Å². The fraction of sp³-hybridized carbons (Fsp3) is 0.0556. The van der Waals surface area contributed by atoms with Crippen LogP contribution in [0.3, 0.4) is 0 Å². The highest BCUT2D eigenvalue weighted by Gasteiger charge is 2.12. The second-order valence-electron chi connectivity index (χ2n) is 5.65. The van der Waals surface area contributed by atoms with Crippen LogP contribution in [0.5, 0.6) is 0 Å². The molecule has 1 amide bonds. The lowest BCUT2D eigenvalue weighted by atomic mass is 10.1. The molecule has 3 N–H and O–H groups in total. The van der Waals surface area contributed by atoms with Crippen LogP contribution in [0.25, 0.3) is 21.5 Å². The number of nitrogen functional groups attached to an aromatic ring is 1. The van der Waals surface area contributed by atoms with Crippen molar-refractivity contribution in [1.82, 2.24) is 15.0 Å². The summed E-state index contributed by atoms with van der Waals surface area (Å²) in [6.45, 7) is 0. The summed E-state index contributed by atoms with van der Waals surface area (Å²) in [5.41, 5.74) is 10.2. The Morgan fingerprint density at radius 3 is 2.88 bits per heavy atom. The van der Waals surface area contributed by atoms with Crippen LogP contribution >= 0.6 is 11.3 Å². The van der Waals surface area contributed by atoms with Gasteiger partial charge < -0.3 is 11.1 Å². The Labute approximate surface area is 147 Å². The first-order chi connectivity index (χ1) is 12.1. The molecule has 0 aliphatic heterocycles. The van der Waals surface area contributed by atoms with Gasteiger partial charge in [0, 0.05) is 17.5 Å². The van der Waals surface area contributed by atoms with E-state index in [2.05, 4.69) is 15.6 Å². The van der Waals surface area contributed by atoms with Gasteiger partial charge in [-0.3, -0.25) is 4.79 Å². The lowest BCUT2D eigenvalue weighted by Gasteiger charge is -2.10. The Bertz CT molecular complexity index is 1070. The largest absolute Gasteiger partial charge is 0.397 e. The van der Waals surface area contributed by atoms with Gasteiger partial charge in [-0.1, -0.05) is 17.3 Å². The van der Waals surface area contributed by atoms with Crippen molar-refractivity contribution in [2.45, 2.75) is 0 Å². The number of thiophene rings is 1. The molecule has 6 nitrogen and oxygen atoms in total. The van der Waals surface area contributed by atoms with Crippen molar-refractivity contribution in [3.8, 4) is 10.4 Å². The number of nitrogens with one attached hydrogen (secondary N) is 1. The molecule has 2 aromatic heterocycles. The molecule has 7 heteroatoms. The second-order valence-corrected chi connectivity index (χ2v) is 6.60. The van der Waals surface area contributed by atoms with Gasteiger partial charge in [0.25, 0.3) is 5.91 Å². The molecule has 0 atom stereocenters. The van der Waals surface area contributed by atoms with E-state index in [9.17, 15) is 4.79 Å². The van der Waals surface area contributed by atoms with Gasteiger partial charge in [0.05, 0.1) is 16.9 Å². The molecule has 0 fully saturated rings. The van der Waals surface area contributed by atoms with E-state index in [1.54, 1.807) is 34.2 Å². The van der Waals surface area contributed by atoms with E-state index in [-0.39, 0.29) is 5.91 Å². The van der Waals surface area contributed by atoms with Gasteiger partial charge in [0.15, 0.2) is 0 Å². The van der Waals surface area contributed by atoms with Crippen molar-refractivity contribution >= 4 is 39.7 Å². The maximum atomic E-state index is 12.6. The van der Waals surface area contributed by atoms with E-state index in [0.717, 1.165) is 16.0 Å². The summed E-state index contributed by atoms with van der Waals surface area (Å²) < 4.78 is 1.67. The number of nitrogens with zero attached hydrogens (tertiary/aromatic N) is 3. The predicted octanol–water partition coefficient (Wildman–Crippen LogP) is 3.53. The molecule has 0 radical (unpaired) electrons. The smallest absolute Gasteiger partial charge is 0.255 e. The third-order valence-electron chi connectivity index (χ3n) is 3.98. The fourth-order valence-electron chi connectivity index (χ4n) is 2.64. The van der Waals surface area contributed by atoms with Gasteiger partial charge in [0.1, 0.15) is 5.52 Å². The zero-order valence-corrected chi connectivity index (χ0v) is 14.2. The van der Waals surface area contributed by atoms with Gasteiger partial charge >= 0.3 is 0 Å². The Morgan fingerprint density at radius 1 is 1.20 bits per heavy atom. The molecule has 4 rings (SSSR count). The number of anilines is 2. The van der Waals surface area contributed by atoms with E-state index >= 15 is 0 Å². The van der Waals surface area contributed by atoms with Gasteiger partial charge in [-0.25, -0.2) is 4.68 Å². The zero-order chi connectivity index (χ0) is 17.4. The van der Waals surface area contributed by atoms with Crippen molar-refractivity contribution in [2.24, 2.45) is 7.05 Å². The summed E-state index contributed by atoms with van der Waals surface area (Å²) in [5, 5.41) is 12.9. The summed E-state index contributed by atoms with van der Waals surface area (Å²) in [7, 11) is 1.81. The lowest BCUT2D eigenvalue weighted by molar-refractivity contribution is 0.102. The first-order valence-corrected chi connectivity index (χ1v) is 8.54. The van der Waals surface area contributed by atoms with Crippen LogP contribution < -0.4 is 11.1 Å². The lowest BCUT2D eigenvalue weighted by Crippen LogP contribution is -2.13. The molecule has 4 aromatic rings. The standard InChI is InChI=1S/C18H15N5OS/c1-23-16-7-5-12(10-15(16)21-22-23)18(24)20-14-9-11(4-6-13(14)19)17-3-2-8-25-17/h2-10H,19H2,1H3,(H,20,24). The summed E-state index contributed by atoms with van der Waals surface area (Å²) in [5.74, 6) is -0.234. The average Bonchev–Trinajstić information content (AvgIpc) is 3.27. The van der Waals surface area contributed by atoms with Gasteiger partial charge in [-0.2, -0.15) is 0 Å². The van der Waals surface area contributed by atoms with E-state index < -0.39 is 0 Å². The third kappa shape index (κ3) is 2.85. The van der Waals surface area contributed by atoms with Crippen LogP contribution in [0.15, 0.2) is 53.9 Å². The van der Waals surface area contributed by atoms with Crippen LogP contribution in [-0.4, -0.2) is 20.9 Å². The fourth-order valence-corrected chi connectivity index (χ4v) is 3.36. The summed E-state index contributed by atoms with van der Waals surface area (Å²) >= 11 is 1.64. The molecule has 0 spiro atoms. The van der Waals surface area contributed by atoms with Crippen molar-refractivity contribution in [1.29, 1.82) is 0 Å². The van der Waals surface area contributed by atoms with Crippen molar-refractivity contribution in [2.75, 3.05) is 11.1 Å². The molecule has 25 heavy (non-hydrogen) atoms. The van der Waals surface area contributed by atoms with E-state index in [4.69, 9.17) is 5.73 Å². The topological polar surface area (TPSA) is 85.8 Å². The number of aryl methyl sites for hydroxylation is 1. The highest BCUT2D eigenvalue weighted by molar-refractivity contribution is 7.13. The normalized spacial score (nSPS) is 10.9. The van der Waals surface area contributed by atoms with Crippen molar-refractivity contribution in [3.63, 3.8) is 0 Å². The number of hydrogen-bond donors (Lipinski definition) is 2. The monoisotopic (exact) mass is 349 g/mol. The summed E-state index contributed by atoms with van der Waals surface area (Å²) in [4.78, 5) is 13.7. The van der Waals surface area contributed by atoms with E-state index in [1.807, 2.05) is 42.8 Å². The molecule has 0 aliphatic rings. The molecule has 0 saturated heterocycles. The number of carbonyl (C=O) groups excluding carboxylic acids is 1. The predicted molar refractivity (Wildman–Crippen MR) is 101 cm³/mol. The molecule has 124 valence electrons. The Balaban J connectivity index is 1.64. The third-order valence-corrected chi connectivity index (χ3v) is 4.90. The second kappa shape index (κ2) is 6.03. The number of nitrogens with two attached hydrogens (primary N) is 1. The first-order valence-electron chi connectivity index (χ1n) is 7.66. The van der Waals surface area contributed by atoms with Crippen molar-refractivity contribution in [3.05, 3.63) is 59.5 Å². The van der Waals surface area contributed by atoms with Crippen LogP contribution in [0, 0.1) is 0 Å². The van der Waals surface area contributed by atoms with Gasteiger partial charge in [-0.05, 0) is 47.3 Å². The first kappa shape index (κ1) is 15.3. The number of rotatable bonds is 3. The maximum absolute atomic E-state index is 12.6. The Morgan fingerprint density at radius 2 is 2.08 bits per heavy atom. The van der Waals surface area contributed by atoms with Crippen LogP contribution in [0.1, 0.15) is 10.4 Å². The minimum atomic E-state index is -0.234. The highest BCUT2D eigenvalue weighted by Crippen LogP contribution is 2.30. The number of amides is 1. The number of carbonyl (C=O) groups is 1. The average molecular weight is 349 g/mol. The molecule has 0 unspecified atom stereocenters. The summed E-state index contributed by atoms with van der Waals surface area (Å²) in [6, 6.07) is 15.0. The Kier molecular flexibility index (Phi) is 3.70. The van der Waals surface area contributed by atoms with Crippen LogP contribution in [-0.2, 0) is 7.05 Å². The maximum Gasteiger partial charge on any atom is 0.255 e. The quantitative estimate of drug-likeness (QED) is 0.554. The molecular formula is C18H15N5OS. The molecule has 2 heterocycles. The number of benzene rings is 2. The Hall–Kier alpha value is -3.19. The van der Waals surface area contributed by atoms with E-state index in [1.165, 1.54) is 0 Å². The summed E-state index contributed by atoms with van der Waals surface area (Å²) in [6.07, 6.45) is 0. The number of fused-ring (bicyclic) bond motifs is 1. The van der Waals surface area contributed by atoms with Crippen LogP contribution in [0.2, 0.25) is 0 Å². The molecule has 0 aliphatic carbocycles. The van der Waals surface area contributed by atoms with Crippen molar-refractivity contribution < 1.29 is 4.79 Å². The molecule has 0 saturated carbocycles. The van der Waals surface area contributed by atoms with E-state index in [0.29, 0.717) is 22.5 Å². The highest BCUT2D eigenvalue weighted by atomic mass is 32.1. The molecule has 0 bridgehead atoms. The molecule has 2 aromatic carbocycles. The molecular weight excluding hydrogens is 334 g/mol. The SMILES string of the molecule is Cn1nnc2cc(C(=O)Nc3cc(-c4cccs4)ccc3N)ccc21. The number of hydrogen-bond acceptors (Lipinski definition) is 5. The minimum Gasteiger partial charge on any atom is -0.397 e. The minimum absolute atomic E-state index is 0.234. The number of aromatic nitrogens is 3. The van der Waals surface area contributed by atoms with Gasteiger partial charge in [-0.15, -0.1) is 16.4 Å².